The maximum atomic E-state index is 13.1. The normalized spacial score (nSPS) is 11.5. The third-order valence-corrected chi connectivity index (χ3v) is 4.11. The summed E-state index contributed by atoms with van der Waals surface area (Å²) in [6.07, 6.45) is 0. The maximum absolute atomic E-state index is 13.1. The van der Waals surface area contributed by atoms with Crippen molar-refractivity contribution in [3.63, 3.8) is 0 Å². The number of halogens is 1. The number of rotatable bonds is 3. The molecule has 0 aliphatic heterocycles. The van der Waals surface area contributed by atoms with Crippen molar-refractivity contribution in [1.82, 2.24) is 5.16 Å². The number of nitrogens with zero attached hydrogens (tertiary/aromatic N) is 1. The summed E-state index contributed by atoms with van der Waals surface area (Å²) in [7, 11) is -3.92. The summed E-state index contributed by atoms with van der Waals surface area (Å²) in [6.45, 7) is 2.98. The van der Waals surface area contributed by atoms with Crippen molar-refractivity contribution in [2.75, 3.05) is 10.5 Å². The van der Waals surface area contributed by atoms with Crippen LogP contribution in [0.2, 0.25) is 0 Å². The number of hydrogen-bond acceptors (Lipinski definition) is 5. The number of aromatic nitrogens is 1. The number of nitrogen functional groups attached to an aromatic ring is 1. The molecule has 3 N–H and O–H groups in total. The van der Waals surface area contributed by atoms with Gasteiger partial charge in [0.05, 0.1) is 11.4 Å². The van der Waals surface area contributed by atoms with E-state index in [4.69, 9.17) is 10.3 Å². The minimum Gasteiger partial charge on any atom is -0.397 e. The van der Waals surface area contributed by atoms with Crippen LogP contribution in [0.4, 0.5) is 15.8 Å². The molecule has 0 saturated carbocycles. The summed E-state index contributed by atoms with van der Waals surface area (Å²) in [5.41, 5.74) is 5.91. The van der Waals surface area contributed by atoms with Crippen molar-refractivity contribution in [1.29, 1.82) is 0 Å². The van der Waals surface area contributed by atoms with Gasteiger partial charge in [-0.05, 0) is 26.0 Å². The van der Waals surface area contributed by atoms with Crippen LogP contribution in [0.25, 0.3) is 0 Å². The third-order valence-electron chi connectivity index (χ3n) is 2.50. The molecule has 8 heteroatoms. The second-order valence-electron chi connectivity index (χ2n) is 3.99. The summed E-state index contributed by atoms with van der Waals surface area (Å²) >= 11 is 0. The quantitative estimate of drug-likeness (QED) is 0.838. The van der Waals surface area contributed by atoms with E-state index in [-0.39, 0.29) is 27.7 Å². The molecular formula is C11H12FN3O3S. The van der Waals surface area contributed by atoms with E-state index in [9.17, 15) is 12.8 Å². The van der Waals surface area contributed by atoms with Gasteiger partial charge < -0.3 is 10.3 Å². The topological polar surface area (TPSA) is 98.2 Å². The fraction of sp³-hybridized carbons (Fsp3) is 0.182. The molecule has 1 heterocycles. The van der Waals surface area contributed by atoms with Gasteiger partial charge in [0, 0.05) is 6.07 Å². The van der Waals surface area contributed by atoms with E-state index in [2.05, 4.69) is 9.88 Å². The first-order chi connectivity index (χ1) is 8.81. The summed E-state index contributed by atoms with van der Waals surface area (Å²) in [5, 5.41) is 3.56. The van der Waals surface area contributed by atoms with E-state index in [1.165, 1.54) is 19.9 Å². The van der Waals surface area contributed by atoms with Crippen LogP contribution in [0.5, 0.6) is 0 Å². The molecule has 1 aromatic heterocycles. The van der Waals surface area contributed by atoms with Crippen molar-refractivity contribution >= 4 is 21.4 Å². The van der Waals surface area contributed by atoms with Crippen LogP contribution in [0.3, 0.4) is 0 Å². The van der Waals surface area contributed by atoms with E-state index in [0.717, 1.165) is 12.1 Å². The molecule has 0 aliphatic rings. The second kappa shape index (κ2) is 4.54. The number of nitrogens with two attached hydrogens (primary N) is 1. The lowest BCUT2D eigenvalue weighted by Gasteiger charge is -2.09. The summed E-state index contributed by atoms with van der Waals surface area (Å²) in [5.74, 6) is -0.439. The molecule has 0 aliphatic carbocycles. The Bertz CT molecular complexity index is 705. The Morgan fingerprint density at radius 2 is 2.05 bits per heavy atom. The van der Waals surface area contributed by atoms with Crippen LogP contribution in [-0.2, 0) is 10.0 Å². The highest BCUT2D eigenvalue weighted by Crippen LogP contribution is 2.26. The lowest BCUT2D eigenvalue weighted by molar-refractivity contribution is 0.390. The lowest BCUT2D eigenvalue weighted by Crippen LogP contribution is -2.15. The fourth-order valence-corrected chi connectivity index (χ4v) is 3.08. The molecule has 0 bridgehead atoms. The minimum atomic E-state index is -3.92. The van der Waals surface area contributed by atoms with Gasteiger partial charge in [-0.15, -0.1) is 0 Å². The van der Waals surface area contributed by atoms with Gasteiger partial charge in [-0.25, -0.2) is 12.8 Å². The Morgan fingerprint density at radius 3 is 2.63 bits per heavy atom. The number of hydrogen-bond donors (Lipinski definition) is 2. The molecule has 2 aromatic rings. The SMILES string of the molecule is Cc1noc(C)c1S(=O)(=O)Nc1cc(F)ccc1N. The van der Waals surface area contributed by atoms with Gasteiger partial charge in [-0.2, -0.15) is 0 Å². The van der Waals surface area contributed by atoms with Gasteiger partial charge in [0.2, 0.25) is 0 Å². The first-order valence-corrected chi connectivity index (χ1v) is 6.80. The van der Waals surface area contributed by atoms with Crippen LogP contribution in [0.15, 0.2) is 27.6 Å². The van der Waals surface area contributed by atoms with E-state index >= 15 is 0 Å². The smallest absolute Gasteiger partial charge is 0.267 e. The number of aryl methyl sites for hydroxylation is 2. The lowest BCUT2D eigenvalue weighted by atomic mass is 10.3. The van der Waals surface area contributed by atoms with E-state index in [1.54, 1.807) is 0 Å². The zero-order valence-electron chi connectivity index (χ0n) is 10.3. The molecule has 19 heavy (non-hydrogen) atoms. The van der Waals surface area contributed by atoms with Gasteiger partial charge in [0.15, 0.2) is 10.7 Å². The van der Waals surface area contributed by atoms with Gasteiger partial charge in [0.25, 0.3) is 10.0 Å². The Kier molecular flexibility index (Phi) is 3.19. The summed E-state index contributed by atoms with van der Waals surface area (Å²) in [4.78, 5) is -0.0730. The van der Waals surface area contributed by atoms with E-state index in [1.807, 2.05) is 0 Å². The molecule has 0 atom stereocenters. The van der Waals surface area contributed by atoms with Crippen LogP contribution < -0.4 is 10.5 Å². The maximum Gasteiger partial charge on any atom is 0.267 e. The van der Waals surface area contributed by atoms with Crippen LogP contribution >= 0.6 is 0 Å². The molecule has 6 nitrogen and oxygen atoms in total. The first-order valence-electron chi connectivity index (χ1n) is 5.32. The van der Waals surface area contributed by atoms with Gasteiger partial charge in [0.1, 0.15) is 11.5 Å². The van der Waals surface area contributed by atoms with Crippen molar-refractivity contribution in [2.24, 2.45) is 0 Å². The van der Waals surface area contributed by atoms with Gasteiger partial charge in [-0.3, -0.25) is 4.72 Å². The summed E-state index contributed by atoms with van der Waals surface area (Å²) in [6, 6.07) is 3.43. The Hall–Kier alpha value is -2.09. The van der Waals surface area contributed by atoms with Gasteiger partial charge in [-0.1, -0.05) is 5.16 Å². The average molecular weight is 285 g/mol. The molecule has 0 saturated heterocycles. The molecule has 0 spiro atoms. The number of nitrogens with one attached hydrogen (secondary N) is 1. The molecule has 0 fully saturated rings. The van der Waals surface area contributed by atoms with Crippen LogP contribution in [-0.4, -0.2) is 13.6 Å². The number of benzene rings is 1. The summed E-state index contributed by atoms with van der Waals surface area (Å²) < 4.78 is 44.5. The zero-order valence-corrected chi connectivity index (χ0v) is 11.1. The zero-order chi connectivity index (χ0) is 14.2. The highest BCUT2D eigenvalue weighted by atomic mass is 32.2. The molecule has 2 rings (SSSR count). The molecule has 0 radical (unpaired) electrons. The molecule has 102 valence electrons. The van der Waals surface area contributed by atoms with Crippen LogP contribution in [0.1, 0.15) is 11.5 Å². The van der Waals surface area contributed by atoms with E-state index < -0.39 is 15.8 Å². The van der Waals surface area contributed by atoms with E-state index in [0.29, 0.717) is 0 Å². The van der Waals surface area contributed by atoms with Crippen LogP contribution in [0, 0.1) is 19.7 Å². The predicted molar refractivity (Wildman–Crippen MR) is 67.6 cm³/mol. The molecule has 0 unspecified atom stereocenters. The van der Waals surface area contributed by atoms with Gasteiger partial charge >= 0.3 is 0 Å². The Labute approximate surface area is 109 Å². The van der Waals surface area contributed by atoms with Crippen molar-refractivity contribution < 1.29 is 17.3 Å². The highest BCUT2D eigenvalue weighted by Gasteiger charge is 2.24. The van der Waals surface area contributed by atoms with Crippen molar-refractivity contribution in [3.05, 3.63) is 35.5 Å². The third kappa shape index (κ3) is 2.53. The molecule has 1 aromatic carbocycles. The number of sulfonamides is 1. The predicted octanol–water partition coefficient (Wildman–Crippen LogP) is 1.81. The molecular weight excluding hydrogens is 273 g/mol. The van der Waals surface area contributed by atoms with Crippen molar-refractivity contribution in [3.8, 4) is 0 Å². The first kappa shape index (κ1) is 13.3. The Morgan fingerprint density at radius 1 is 1.37 bits per heavy atom. The number of anilines is 2. The standard InChI is InChI=1S/C11H12FN3O3S/c1-6-11(7(2)18-14-6)19(16,17)15-10-5-8(12)3-4-9(10)13/h3-5,15H,13H2,1-2H3. The largest absolute Gasteiger partial charge is 0.397 e. The minimum absolute atomic E-state index is 0.0278. The fourth-order valence-electron chi connectivity index (χ4n) is 1.67. The monoisotopic (exact) mass is 285 g/mol. The Balaban J connectivity index is 2.45. The average Bonchev–Trinajstić information content (AvgIpc) is 2.64. The van der Waals surface area contributed by atoms with Crippen molar-refractivity contribution in [2.45, 2.75) is 18.7 Å². The second-order valence-corrected chi connectivity index (χ2v) is 5.61. The highest BCUT2D eigenvalue weighted by molar-refractivity contribution is 7.92. The molecule has 0 amide bonds.